The maximum atomic E-state index is 5.79. The summed E-state index contributed by atoms with van der Waals surface area (Å²) in [6, 6.07) is 9.27. The molecule has 1 heterocycles. The summed E-state index contributed by atoms with van der Waals surface area (Å²) < 4.78 is 7.54. The molecule has 1 aromatic heterocycles. The molecule has 0 atom stereocenters. The van der Waals surface area contributed by atoms with Crippen LogP contribution in [0.5, 0.6) is 5.75 Å². The van der Waals surface area contributed by atoms with Gasteiger partial charge in [-0.1, -0.05) is 24.3 Å². The van der Waals surface area contributed by atoms with Gasteiger partial charge in [-0.2, -0.15) is 5.10 Å². The lowest BCUT2D eigenvalue weighted by atomic mass is 10.1. The molecule has 106 valence electrons. The molecule has 1 saturated carbocycles. The van der Waals surface area contributed by atoms with Crippen LogP contribution in [0, 0.1) is 0 Å². The second-order valence-corrected chi connectivity index (χ2v) is 5.39. The van der Waals surface area contributed by atoms with Crippen LogP contribution in [-0.2, 0) is 20.1 Å². The molecule has 0 aliphatic heterocycles. The molecule has 0 saturated heterocycles. The molecule has 1 aliphatic rings. The Hall–Kier alpha value is -1.81. The van der Waals surface area contributed by atoms with Gasteiger partial charge in [-0.15, -0.1) is 0 Å². The molecule has 0 bridgehead atoms. The normalized spacial score (nSPS) is 14.4. The summed E-state index contributed by atoms with van der Waals surface area (Å²) in [6.07, 6.45) is 7.37. The van der Waals surface area contributed by atoms with Crippen molar-refractivity contribution in [2.45, 2.75) is 31.9 Å². The summed E-state index contributed by atoms with van der Waals surface area (Å²) >= 11 is 0. The van der Waals surface area contributed by atoms with Crippen LogP contribution in [-0.4, -0.2) is 22.4 Å². The Bertz CT molecular complexity index is 560. The molecular weight excluding hydrogens is 250 g/mol. The number of ether oxygens (including phenoxy) is 1. The third-order valence-corrected chi connectivity index (χ3v) is 3.60. The second-order valence-electron chi connectivity index (χ2n) is 5.39. The minimum atomic E-state index is 0.602. The van der Waals surface area contributed by atoms with Crippen molar-refractivity contribution in [3.8, 4) is 5.75 Å². The lowest BCUT2D eigenvalue weighted by molar-refractivity contribution is 0.304. The van der Waals surface area contributed by atoms with Gasteiger partial charge < -0.3 is 10.1 Å². The Morgan fingerprint density at radius 3 is 2.80 bits per heavy atom. The fourth-order valence-electron chi connectivity index (χ4n) is 2.28. The number of nitrogens with one attached hydrogen (secondary N) is 1. The zero-order valence-corrected chi connectivity index (χ0v) is 11.9. The Labute approximate surface area is 119 Å². The van der Waals surface area contributed by atoms with Crippen LogP contribution in [0.1, 0.15) is 24.0 Å². The molecule has 1 aromatic carbocycles. The first kappa shape index (κ1) is 13.2. The molecule has 1 aliphatic carbocycles. The van der Waals surface area contributed by atoms with E-state index in [4.69, 9.17) is 4.74 Å². The minimum absolute atomic E-state index is 0.602. The maximum absolute atomic E-state index is 5.79. The molecule has 3 rings (SSSR count). The van der Waals surface area contributed by atoms with Crippen LogP contribution in [0.4, 0.5) is 0 Å². The fraction of sp³-hybridized carbons (Fsp3) is 0.438. The van der Waals surface area contributed by atoms with Crippen LogP contribution >= 0.6 is 0 Å². The molecule has 20 heavy (non-hydrogen) atoms. The van der Waals surface area contributed by atoms with Crippen LogP contribution in [0.15, 0.2) is 36.7 Å². The van der Waals surface area contributed by atoms with E-state index in [0.29, 0.717) is 6.61 Å². The smallest absolute Gasteiger partial charge is 0.157 e. The van der Waals surface area contributed by atoms with E-state index >= 15 is 0 Å². The molecule has 0 amide bonds. The highest BCUT2D eigenvalue weighted by Gasteiger charge is 2.19. The third-order valence-electron chi connectivity index (χ3n) is 3.60. The van der Waals surface area contributed by atoms with Crippen molar-refractivity contribution >= 4 is 0 Å². The Balaban J connectivity index is 1.56. The monoisotopic (exact) mass is 271 g/mol. The molecule has 0 spiro atoms. The van der Waals surface area contributed by atoms with Gasteiger partial charge >= 0.3 is 0 Å². The number of nitrogens with zero attached hydrogens (tertiary/aromatic N) is 2. The first-order chi connectivity index (χ1) is 9.81. The number of benzene rings is 1. The van der Waals surface area contributed by atoms with E-state index in [9.17, 15) is 0 Å². The van der Waals surface area contributed by atoms with Crippen LogP contribution in [0.2, 0.25) is 0 Å². The predicted octanol–water partition coefficient (Wildman–Crippen LogP) is 2.29. The zero-order valence-electron chi connectivity index (χ0n) is 11.9. The highest BCUT2D eigenvalue weighted by atomic mass is 16.5. The van der Waals surface area contributed by atoms with Crippen LogP contribution in [0.25, 0.3) is 0 Å². The molecule has 0 unspecified atom stereocenters. The summed E-state index contributed by atoms with van der Waals surface area (Å²) in [6.45, 7) is 1.65. The highest BCUT2D eigenvalue weighted by Crippen LogP contribution is 2.19. The number of hydrogen-bond acceptors (Lipinski definition) is 3. The largest absolute Gasteiger partial charge is 0.486 e. The molecule has 1 N–H and O–H groups in total. The van der Waals surface area contributed by atoms with Gasteiger partial charge in [0.15, 0.2) is 5.75 Å². The van der Waals surface area contributed by atoms with Crippen LogP contribution < -0.4 is 10.1 Å². The molecule has 0 radical (unpaired) electrons. The molecule has 2 aromatic rings. The molecule has 4 heteroatoms. The quantitative estimate of drug-likeness (QED) is 0.840. The standard InChI is InChI=1S/C16H21N3O/c1-19-11-16(10-18-19)20-12-14-5-3-2-4-13(14)8-9-17-15-6-7-15/h2-5,10-11,15,17H,6-9,12H2,1H3. The first-order valence-electron chi connectivity index (χ1n) is 7.23. The van der Waals surface area contributed by atoms with E-state index in [1.165, 1.54) is 24.0 Å². The van der Waals surface area contributed by atoms with Gasteiger partial charge in [0.1, 0.15) is 6.61 Å². The van der Waals surface area contributed by atoms with Crippen LogP contribution in [0.3, 0.4) is 0 Å². The van der Waals surface area contributed by atoms with E-state index in [1.54, 1.807) is 10.9 Å². The fourth-order valence-corrected chi connectivity index (χ4v) is 2.28. The van der Waals surface area contributed by atoms with Crippen molar-refractivity contribution in [3.63, 3.8) is 0 Å². The van der Waals surface area contributed by atoms with E-state index in [0.717, 1.165) is 24.8 Å². The van der Waals surface area contributed by atoms with Gasteiger partial charge in [0.25, 0.3) is 0 Å². The lowest BCUT2D eigenvalue weighted by Crippen LogP contribution is -2.19. The minimum Gasteiger partial charge on any atom is -0.486 e. The Morgan fingerprint density at radius 1 is 1.30 bits per heavy atom. The lowest BCUT2D eigenvalue weighted by Gasteiger charge is -2.10. The summed E-state index contributed by atoms with van der Waals surface area (Å²) in [7, 11) is 1.89. The number of aromatic nitrogens is 2. The topological polar surface area (TPSA) is 39.1 Å². The van der Waals surface area contributed by atoms with Crippen molar-refractivity contribution in [1.29, 1.82) is 0 Å². The maximum Gasteiger partial charge on any atom is 0.157 e. The SMILES string of the molecule is Cn1cc(OCc2ccccc2CCNC2CC2)cn1. The van der Waals surface area contributed by atoms with Gasteiger partial charge in [0, 0.05) is 13.1 Å². The van der Waals surface area contributed by atoms with Crippen molar-refractivity contribution in [2.24, 2.45) is 7.05 Å². The highest BCUT2D eigenvalue weighted by molar-refractivity contribution is 5.27. The Morgan fingerprint density at radius 2 is 2.10 bits per heavy atom. The average Bonchev–Trinajstić information content (AvgIpc) is 3.19. The molecule has 4 nitrogen and oxygen atoms in total. The first-order valence-corrected chi connectivity index (χ1v) is 7.23. The van der Waals surface area contributed by atoms with E-state index in [-0.39, 0.29) is 0 Å². The predicted molar refractivity (Wildman–Crippen MR) is 78.7 cm³/mol. The number of aryl methyl sites for hydroxylation is 1. The van der Waals surface area contributed by atoms with Crippen molar-refractivity contribution < 1.29 is 4.74 Å². The summed E-state index contributed by atoms with van der Waals surface area (Å²) in [4.78, 5) is 0. The van der Waals surface area contributed by atoms with Crippen molar-refractivity contribution in [1.82, 2.24) is 15.1 Å². The van der Waals surface area contributed by atoms with E-state index < -0.39 is 0 Å². The number of hydrogen-bond donors (Lipinski definition) is 1. The van der Waals surface area contributed by atoms with Gasteiger partial charge in [-0.25, -0.2) is 0 Å². The van der Waals surface area contributed by atoms with E-state index in [1.807, 2.05) is 13.2 Å². The average molecular weight is 271 g/mol. The van der Waals surface area contributed by atoms with Crippen molar-refractivity contribution in [3.05, 3.63) is 47.8 Å². The van der Waals surface area contributed by atoms with Gasteiger partial charge in [0.05, 0.1) is 12.4 Å². The van der Waals surface area contributed by atoms with Gasteiger partial charge in [0.2, 0.25) is 0 Å². The molecular formula is C16H21N3O. The van der Waals surface area contributed by atoms with Gasteiger partial charge in [-0.3, -0.25) is 4.68 Å². The Kier molecular flexibility index (Phi) is 4.02. The third kappa shape index (κ3) is 3.61. The summed E-state index contributed by atoms with van der Waals surface area (Å²) in [5.41, 5.74) is 2.62. The van der Waals surface area contributed by atoms with Crippen molar-refractivity contribution in [2.75, 3.05) is 6.54 Å². The second kappa shape index (κ2) is 6.09. The van der Waals surface area contributed by atoms with E-state index in [2.05, 4.69) is 34.7 Å². The molecule has 1 fully saturated rings. The number of rotatable bonds is 7. The summed E-state index contributed by atoms with van der Waals surface area (Å²) in [5, 5.41) is 7.66. The van der Waals surface area contributed by atoms with Gasteiger partial charge in [-0.05, 0) is 36.9 Å². The summed E-state index contributed by atoms with van der Waals surface area (Å²) in [5.74, 6) is 0.818. The zero-order chi connectivity index (χ0) is 13.8.